The number of aromatic nitrogens is 1. The van der Waals surface area contributed by atoms with E-state index in [-0.39, 0.29) is 50.2 Å². The lowest BCUT2D eigenvalue weighted by atomic mass is 9.96. The number of carbonyl (C=O) groups excluding carboxylic acids is 4. The molecule has 2 amide bonds. The van der Waals surface area contributed by atoms with Crippen LogP contribution in [-0.4, -0.2) is 40.4 Å². The maximum absolute atomic E-state index is 13.4. The van der Waals surface area contributed by atoms with E-state index in [1.165, 1.54) is 30.3 Å². The number of nitrogens with zero attached hydrogens (tertiary/aromatic N) is 4. The Morgan fingerprint density at radius 1 is 1.02 bits per heavy atom. The Hall–Kier alpha value is -5.49. The minimum Gasteiger partial charge on any atom is -0.454 e. The first-order valence-corrected chi connectivity index (χ1v) is 14.7. The number of thioether (sulfide) groups is 1. The van der Waals surface area contributed by atoms with Crippen molar-refractivity contribution in [3.8, 4) is 23.3 Å². The number of imide groups is 1. The topological polar surface area (TPSA) is 167 Å². The highest BCUT2D eigenvalue weighted by Crippen LogP contribution is 2.40. The molecule has 5 rings (SSSR count). The highest BCUT2D eigenvalue weighted by molar-refractivity contribution is 8.00. The standard InChI is InChI=1S/C33H22ClN5O5S/c1-18-6-8-19(9-7-18)29-23(15-35)30(37)38-31(24(29)16-36)45-27-14-28(41)39(32(27)42)21-12-10-20(11-13-21)33(43)44-17-26(40)22-4-2-3-5-25(22)34/h2-13,27H,14,17H2,1H3,(H2,37,38). The molecule has 222 valence electrons. The normalized spacial score (nSPS) is 14.1. The number of carbonyl (C=O) groups is 4. The summed E-state index contributed by atoms with van der Waals surface area (Å²) in [6.07, 6.45) is -0.177. The van der Waals surface area contributed by atoms with Crippen LogP contribution in [0.15, 0.2) is 77.8 Å². The molecule has 1 unspecified atom stereocenters. The molecular weight excluding hydrogens is 614 g/mol. The lowest BCUT2D eigenvalue weighted by Crippen LogP contribution is -2.31. The van der Waals surface area contributed by atoms with Crippen LogP contribution in [0.5, 0.6) is 0 Å². The van der Waals surface area contributed by atoms with Crippen molar-refractivity contribution in [1.29, 1.82) is 10.5 Å². The second-order valence-electron chi connectivity index (χ2n) is 9.92. The van der Waals surface area contributed by atoms with E-state index in [9.17, 15) is 29.7 Å². The van der Waals surface area contributed by atoms with E-state index in [1.54, 1.807) is 30.3 Å². The zero-order valence-electron chi connectivity index (χ0n) is 23.6. The second-order valence-corrected chi connectivity index (χ2v) is 11.5. The fourth-order valence-corrected chi connectivity index (χ4v) is 6.08. The van der Waals surface area contributed by atoms with Crippen molar-refractivity contribution >= 4 is 58.4 Å². The van der Waals surface area contributed by atoms with E-state index < -0.39 is 35.4 Å². The number of nitrogen functional groups attached to an aromatic ring is 1. The number of benzene rings is 3. The van der Waals surface area contributed by atoms with E-state index in [4.69, 9.17) is 22.1 Å². The summed E-state index contributed by atoms with van der Waals surface area (Å²) in [6, 6.07) is 23.3. The molecule has 1 fully saturated rings. The summed E-state index contributed by atoms with van der Waals surface area (Å²) in [5.41, 5.74) is 8.67. The third-order valence-corrected chi connectivity index (χ3v) is 8.49. The van der Waals surface area contributed by atoms with Gasteiger partial charge in [-0.3, -0.25) is 14.4 Å². The number of halogens is 1. The van der Waals surface area contributed by atoms with Crippen molar-refractivity contribution < 1.29 is 23.9 Å². The van der Waals surface area contributed by atoms with Gasteiger partial charge in [-0.25, -0.2) is 14.7 Å². The molecule has 2 heterocycles. The van der Waals surface area contributed by atoms with Gasteiger partial charge < -0.3 is 10.5 Å². The minimum absolute atomic E-state index is 0.0436. The Balaban J connectivity index is 1.33. The van der Waals surface area contributed by atoms with Crippen LogP contribution in [0.1, 0.15) is 43.8 Å². The Kier molecular flexibility index (Phi) is 8.96. The number of rotatable bonds is 8. The second kappa shape index (κ2) is 13.0. The molecule has 3 aromatic carbocycles. The fraction of sp³-hybridized carbons (Fsp3) is 0.121. The number of pyridine rings is 1. The third kappa shape index (κ3) is 6.27. The number of nitriles is 2. The smallest absolute Gasteiger partial charge is 0.338 e. The van der Waals surface area contributed by atoms with Crippen molar-refractivity contribution in [2.45, 2.75) is 23.6 Å². The van der Waals surface area contributed by atoms with E-state index in [1.807, 2.05) is 25.1 Å². The highest BCUT2D eigenvalue weighted by Gasteiger charge is 2.41. The van der Waals surface area contributed by atoms with Gasteiger partial charge in [0.1, 0.15) is 28.5 Å². The fourth-order valence-electron chi connectivity index (χ4n) is 4.72. The number of nitrogens with two attached hydrogens (primary N) is 1. The zero-order valence-corrected chi connectivity index (χ0v) is 25.2. The molecule has 0 saturated carbocycles. The van der Waals surface area contributed by atoms with Gasteiger partial charge in [0.05, 0.1) is 27.1 Å². The van der Waals surface area contributed by atoms with Crippen LogP contribution in [-0.2, 0) is 14.3 Å². The Morgan fingerprint density at radius 3 is 2.33 bits per heavy atom. The summed E-state index contributed by atoms with van der Waals surface area (Å²) < 4.78 is 5.12. The summed E-state index contributed by atoms with van der Waals surface area (Å²) in [5.74, 6) is -2.37. The van der Waals surface area contributed by atoms with Gasteiger partial charge in [0.2, 0.25) is 17.6 Å². The molecule has 1 atom stereocenters. The van der Waals surface area contributed by atoms with E-state index in [0.717, 1.165) is 22.2 Å². The van der Waals surface area contributed by atoms with Crippen LogP contribution in [0.25, 0.3) is 11.1 Å². The van der Waals surface area contributed by atoms with Crippen LogP contribution in [0.4, 0.5) is 11.5 Å². The predicted molar refractivity (Wildman–Crippen MR) is 168 cm³/mol. The van der Waals surface area contributed by atoms with Crippen LogP contribution >= 0.6 is 23.4 Å². The van der Waals surface area contributed by atoms with E-state index in [2.05, 4.69) is 11.1 Å². The number of amides is 2. The average Bonchev–Trinajstić information content (AvgIpc) is 3.31. The largest absolute Gasteiger partial charge is 0.454 e. The lowest BCUT2D eigenvalue weighted by molar-refractivity contribution is -0.121. The molecule has 10 nitrogen and oxygen atoms in total. The molecule has 1 aliphatic heterocycles. The molecular formula is C33H22ClN5O5S. The van der Waals surface area contributed by atoms with Crippen molar-refractivity contribution in [1.82, 2.24) is 4.98 Å². The van der Waals surface area contributed by atoms with E-state index in [0.29, 0.717) is 11.1 Å². The van der Waals surface area contributed by atoms with E-state index >= 15 is 0 Å². The molecule has 1 saturated heterocycles. The molecule has 0 aliphatic carbocycles. The molecule has 4 aromatic rings. The molecule has 0 spiro atoms. The monoisotopic (exact) mass is 635 g/mol. The zero-order chi connectivity index (χ0) is 32.2. The number of anilines is 2. The number of esters is 1. The summed E-state index contributed by atoms with van der Waals surface area (Å²) in [7, 11) is 0. The molecule has 1 aliphatic rings. The summed E-state index contributed by atoms with van der Waals surface area (Å²) in [4.78, 5) is 56.6. The predicted octanol–water partition coefficient (Wildman–Crippen LogP) is 5.50. The first-order chi connectivity index (χ1) is 21.6. The summed E-state index contributed by atoms with van der Waals surface area (Å²) in [5, 5.41) is 19.3. The van der Waals surface area contributed by atoms with Crippen LogP contribution < -0.4 is 10.6 Å². The molecule has 45 heavy (non-hydrogen) atoms. The van der Waals surface area contributed by atoms with Crippen LogP contribution in [0, 0.1) is 29.6 Å². The van der Waals surface area contributed by atoms with Crippen LogP contribution in [0.3, 0.4) is 0 Å². The minimum atomic E-state index is -0.921. The number of aryl methyl sites for hydroxylation is 1. The Labute approximate surface area is 267 Å². The molecule has 2 N–H and O–H groups in total. The average molecular weight is 636 g/mol. The highest BCUT2D eigenvalue weighted by atomic mass is 35.5. The lowest BCUT2D eigenvalue weighted by Gasteiger charge is -2.16. The van der Waals surface area contributed by atoms with Gasteiger partial charge in [-0.15, -0.1) is 0 Å². The molecule has 1 aromatic heterocycles. The first-order valence-electron chi connectivity index (χ1n) is 13.4. The third-order valence-electron chi connectivity index (χ3n) is 6.98. The van der Waals surface area contributed by atoms with Crippen molar-refractivity contribution in [2.24, 2.45) is 0 Å². The summed E-state index contributed by atoms with van der Waals surface area (Å²) >= 11 is 6.95. The van der Waals surface area contributed by atoms with Gasteiger partial charge in [-0.1, -0.05) is 65.3 Å². The van der Waals surface area contributed by atoms with Crippen molar-refractivity contribution in [3.63, 3.8) is 0 Å². The van der Waals surface area contributed by atoms with Crippen LogP contribution in [0.2, 0.25) is 5.02 Å². The number of hydrogen-bond donors (Lipinski definition) is 1. The quantitative estimate of drug-likeness (QED) is 0.148. The molecule has 0 radical (unpaired) electrons. The first kappa shape index (κ1) is 31.0. The number of ketones is 1. The van der Waals surface area contributed by atoms with Gasteiger partial charge in [0.25, 0.3) is 0 Å². The maximum atomic E-state index is 13.4. The van der Waals surface area contributed by atoms with Gasteiger partial charge in [0, 0.05) is 17.5 Å². The Bertz CT molecular complexity index is 1950. The number of hydrogen-bond acceptors (Lipinski definition) is 10. The molecule has 0 bridgehead atoms. The molecule has 12 heteroatoms. The van der Waals surface area contributed by atoms with Gasteiger partial charge in [0.15, 0.2) is 6.61 Å². The SMILES string of the molecule is Cc1ccc(-c2c(C#N)c(N)nc(SC3CC(=O)N(c4ccc(C(=O)OCC(=O)c5ccccc5Cl)cc4)C3=O)c2C#N)cc1. The van der Waals surface area contributed by atoms with Crippen molar-refractivity contribution in [3.05, 3.63) is 106 Å². The van der Waals surface area contributed by atoms with Gasteiger partial charge >= 0.3 is 5.97 Å². The Morgan fingerprint density at radius 2 is 1.69 bits per heavy atom. The van der Waals surface area contributed by atoms with Gasteiger partial charge in [-0.2, -0.15) is 10.5 Å². The number of Topliss-reactive ketones (excluding diaryl/α,β-unsaturated/α-hetero) is 1. The van der Waals surface area contributed by atoms with Crippen molar-refractivity contribution in [2.75, 3.05) is 17.2 Å². The summed E-state index contributed by atoms with van der Waals surface area (Å²) in [6.45, 7) is 1.39. The maximum Gasteiger partial charge on any atom is 0.338 e. The van der Waals surface area contributed by atoms with Gasteiger partial charge in [-0.05, 0) is 48.9 Å². The number of ether oxygens (including phenoxy) is 1.